The Bertz CT molecular complexity index is 548. The zero-order chi connectivity index (χ0) is 12.6. The summed E-state index contributed by atoms with van der Waals surface area (Å²) in [4.78, 5) is 0. The van der Waals surface area contributed by atoms with Gasteiger partial charge in [0.1, 0.15) is 5.76 Å². The molecule has 17 heavy (non-hydrogen) atoms. The summed E-state index contributed by atoms with van der Waals surface area (Å²) in [6, 6.07) is 5.85. The predicted octanol–water partition coefficient (Wildman–Crippen LogP) is 4.47. The highest BCUT2D eigenvalue weighted by Gasteiger charge is 2.17. The highest BCUT2D eigenvalue weighted by Crippen LogP contribution is 2.32. The number of aryl methyl sites for hydroxylation is 2. The summed E-state index contributed by atoms with van der Waals surface area (Å²) >= 11 is 7.09. The van der Waals surface area contributed by atoms with Crippen LogP contribution in [0.4, 0.5) is 0 Å². The SMILES string of the molecule is Cc1cc(Br)c(C(N)c2ccoc2C)cc1Br. The first-order valence-electron chi connectivity index (χ1n) is 5.26. The van der Waals surface area contributed by atoms with Gasteiger partial charge >= 0.3 is 0 Å². The molecule has 1 atom stereocenters. The number of benzene rings is 1. The van der Waals surface area contributed by atoms with E-state index in [4.69, 9.17) is 10.2 Å². The molecular formula is C13H13Br2NO. The first-order valence-corrected chi connectivity index (χ1v) is 6.84. The van der Waals surface area contributed by atoms with E-state index in [1.807, 2.05) is 19.9 Å². The fraction of sp³-hybridized carbons (Fsp3) is 0.231. The first-order chi connectivity index (χ1) is 8.00. The maximum Gasteiger partial charge on any atom is 0.105 e. The normalized spacial score (nSPS) is 12.8. The number of furan rings is 1. The minimum absolute atomic E-state index is 0.181. The number of nitrogens with two attached hydrogens (primary N) is 1. The summed E-state index contributed by atoms with van der Waals surface area (Å²) in [6.07, 6.45) is 1.67. The Morgan fingerprint density at radius 1 is 1.12 bits per heavy atom. The first kappa shape index (κ1) is 12.9. The third-order valence-electron chi connectivity index (χ3n) is 2.85. The second kappa shape index (κ2) is 4.96. The molecule has 0 fully saturated rings. The van der Waals surface area contributed by atoms with Crippen molar-refractivity contribution in [2.75, 3.05) is 0 Å². The molecule has 2 nitrogen and oxygen atoms in total. The molecule has 1 aromatic heterocycles. The quantitative estimate of drug-likeness (QED) is 0.860. The van der Waals surface area contributed by atoms with Gasteiger partial charge in [-0.15, -0.1) is 0 Å². The minimum atomic E-state index is -0.181. The Kier molecular flexibility index (Phi) is 3.76. The molecule has 1 unspecified atom stereocenters. The molecule has 2 rings (SSSR count). The van der Waals surface area contributed by atoms with E-state index in [-0.39, 0.29) is 6.04 Å². The van der Waals surface area contributed by atoms with Crippen LogP contribution < -0.4 is 5.73 Å². The summed E-state index contributed by atoms with van der Waals surface area (Å²) in [5, 5.41) is 0. The van der Waals surface area contributed by atoms with E-state index in [1.165, 1.54) is 5.56 Å². The Balaban J connectivity index is 2.48. The van der Waals surface area contributed by atoms with E-state index in [1.54, 1.807) is 6.26 Å². The van der Waals surface area contributed by atoms with E-state index in [0.29, 0.717) is 0 Å². The lowest BCUT2D eigenvalue weighted by atomic mass is 9.99. The van der Waals surface area contributed by atoms with Crippen LogP contribution >= 0.6 is 31.9 Å². The van der Waals surface area contributed by atoms with E-state index < -0.39 is 0 Å². The van der Waals surface area contributed by atoms with Crippen molar-refractivity contribution >= 4 is 31.9 Å². The van der Waals surface area contributed by atoms with Gasteiger partial charge in [-0.2, -0.15) is 0 Å². The molecule has 2 N–H and O–H groups in total. The molecule has 0 aliphatic carbocycles. The highest BCUT2D eigenvalue weighted by molar-refractivity contribution is 9.11. The van der Waals surface area contributed by atoms with E-state index in [0.717, 1.165) is 25.8 Å². The minimum Gasteiger partial charge on any atom is -0.469 e. The number of rotatable bonds is 2. The molecular weight excluding hydrogens is 346 g/mol. The van der Waals surface area contributed by atoms with Gasteiger partial charge in [-0.1, -0.05) is 31.9 Å². The highest BCUT2D eigenvalue weighted by atomic mass is 79.9. The predicted molar refractivity (Wildman–Crippen MR) is 76.1 cm³/mol. The van der Waals surface area contributed by atoms with E-state index in [9.17, 15) is 0 Å². The van der Waals surface area contributed by atoms with Crippen LogP contribution in [0.1, 0.15) is 28.5 Å². The van der Waals surface area contributed by atoms with Gasteiger partial charge < -0.3 is 10.2 Å². The second-order valence-corrected chi connectivity index (χ2v) is 5.74. The van der Waals surface area contributed by atoms with Crippen molar-refractivity contribution < 1.29 is 4.42 Å². The van der Waals surface area contributed by atoms with Crippen LogP contribution in [0.3, 0.4) is 0 Å². The molecule has 0 amide bonds. The fourth-order valence-corrected chi connectivity index (χ4v) is 2.85. The van der Waals surface area contributed by atoms with E-state index >= 15 is 0 Å². The zero-order valence-electron chi connectivity index (χ0n) is 9.63. The van der Waals surface area contributed by atoms with Crippen LogP contribution in [-0.4, -0.2) is 0 Å². The summed E-state index contributed by atoms with van der Waals surface area (Å²) in [5.74, 6) is 0.862. The lowest BCUT2D eigenvalue weighted by molar-refractivity contribution is 0.527. The average Bonchev–Trinajstić information content (AvgIpc) is 2.69. The molecule has 0 aliphatic heterocycles. The van der Waals surface area contributed by atoms with Gasteiger partial charge in [-0.25, -0.2) is 0 Å². The van der Waals surface area contributed by atoms with E-state index in [2.05, 4.69) is 44.0 Å². The molecule has 1 heterocycles. The maximum absolute atomic E-state index is 6.27. The van der Waals surface area contributed by atoms with Crippen molar-refractivity contribution in [1.82, 2.24) is 0 Å². The van der Waals surface area contributed by atoms with Crippen molar-refractivity contribution in [3.63, 3.8) is 0 Å². The summed E-state index contributed by atoms with van der Waals surface area (Å²) < 4.78 is 7.38. The average molecular weight is 359 g/mol. The Labute approximate surface area is 117 Å². The zero-order valence-corrected chi connectivity index (χ0v) is 12.8. The van der Waals surface area contributed by atoms with Gasteiger partial charge in [0.2, 0.25) is 0 Å². The molecule has 0 radical (unpaired) electrons. The topological polar surface area (TPSA) is 39.2 Å². The van der Waals surface area contributed by atoms with Crippen LogP contribution in [0, 0.1) is 13.8 Å². The summed E-state index contributed by atoms with van der Waals surface area (Å²) in [5.41, 5.74) is 9.51. The summed E-state index contributed by atoms with van der Waals surface area (Å²) in [7, 11) is 0. The van der Waals surface area contributed by atoms with Gasteiger partial charge in [-0.3, -0.25) is 0 Å². The van der Waals surface area contributed by atoms with Crippen LogP contribution in [-0.2, 0) is 0 Å². The molecule has 0 aliphatic rings. The number of hydrogen-bond donors (Lipinski definition) is 1. The molecule has 4 heteroatoms. The largest absolute Gasteiger partial charge is 0.469 e. The monoisotopic (exact) mass is 357 g/mol. The van der Waals surface area contributed by atoms with Crippen LogP contribution in [0.25, 0.3) is 0 Å². The summed E-state index contributed by atoms with van der Waals surface area (Å²) in [6.45, 7) is 3.97. The van der Waals surface area contributed by atoms with Gasteiger partial charge in [0.25, 0.3) is 0 Å². The van der Waals surface area contributed by atoms with Gasteiger partial charge in [0.05, 0.1) is 12.3 Å². The van der Waals surface area contributed by atoms with Crippen molar-refractivity contribution in [2.24, 2.45) is 5.73 Å². The van der Waals surface area contributed by atoms with Gasteiger partial charge in [0, 0.05) is 14.5 Å². The number of hydrogen-bond acceptors (Lipinski definition) is 2. The van der Waals surface area contributed by atoms with Crippen molar-refractivity contribution in [1.29, 1.82) is 0 Å². The Morgan fingerprint density at radius 2 is 1.82 bits per heavy atom. The molecule has 0 saturated heterocycles. The standard InChI is InChI=1S/C13H13Br2NO/c1-7-5-12(15)10(6-11(7)14)13(16)9-3-4-17-8(9)2/h3-6,13H,16H2,1-2H3. The fourth-order valence-electron chi connectivity index (χ4n) is 1.78. The molecule has 1 aromatic carbocycles. The van der Waals surface area contributed by atoms with Crippen LogP contribution in [0.5, 0.6) is 0 Å². The van der Waals surface area contributed by atoms with Crippen LogP contribution in [0.15, 0.2) is 37.8 Å². The third-order valence-corrected chi connectivity index (χ3v) is 4.39. The maximum atomic E-state index is 6.27. The lowest BCUT2D eigenvalue weighted by Gasteiger charge is -2.15. The van der Waals surface area contributed by atoms with Crippen LogP contribution in [0.2, 0.25) is 0 Å². The number of halogens is 2. The lowest BCUT2D eigenvalue weighted by Crippen LogP contribution is -2.13. The van der Waals surface area contributed by atoms with Gasteiger partial charge in [-0.05, 0) is 43.2 Å². The van der Waals surface area contributed by atoms with Gasteiger partial charge in [0.15, 0.2) is 0 Å². The molecule has 0 spiro atoms. The Morgan fingerprint density at radius 3 is 2.41 bits per heavy atom. The van der Waals surface area contributed by atoms with Crippen molar-refractivity contribution in [3.8, 4) is 0 Å². The van der Waals surface area contributed by atoms with Crippen molar-refractivity contribution in [2.45, 2.75) is 19.9 Å². The second-order valence-electron chi connectivity index (χ2n) is 4.03. The smallest absolute Gasteiger partial charge is 0.105 e. The Hall–Kier alpha value is -0.580. The molecule has 90 valence electrons. The van der Waals surface area contributed by atoms with Crippen molar-refractivity contribution in [3.05, 3.63) is 55.9 Å². The molecule has 0 bridgehead atoms. The molecule has 0 saturated carbocycles. The third kappa shape index (κ3) is 2.49. The molecule has 2 aromatic rings.